The Bertz CT molecular complexity index is 753. The number of nitrogens with zero attached hydrogens (tertiary/aromatic N) is 2. The topological polar surface area (TPSA) is 59.0 Å². The molecule has 2 amide bonds. The minimum atomic E-state index is -0.0951. The van der Waals surface area contributed by atoms with E-state index in [9.17, 15) is 4.79 Å². The highest BCUT2D eigenvalue weighted by atomic mass is 16.2. The summed E-state index contributed by atoms with van der Waals surface area (Å²) >= 11 is 0. The van der Waals surface area contributed by atoms with Gasteiger partial charge in [-0.2, -0.15) is 5.10 Å². The van der Waals surface area contributed by atoms with Crippen LogP contribution in [0.5, 0.6) is 0 Å². The number of aryl methyl sites for hydroxylation is 2. The number of nitrogens with one attached hydrogen (secondary N) is 2. The van der Waals surface area contributed by atoms with Crippen molar-refractivity contribution >= 4 is 6.03 Å². The fraction of sp³-hybridized carbons (Fsp3) is 0.474. The average Bonchev–Trinajstić information content (AvgIpc) is 3.12. The molecule has 5 heteroatoms. The van der Waals surface area contributed by atoms with Crippen molar-refractivity contribution in [2.45, 2.75) is 37.6 Å². The van der Waals surface area contributed by atoms with Crippen molar-refractivity contribution in [1.82, 2.24) is 20.4 Å². The Hall–Kier alpha value is -2.30. The van der Waals surface area contributed by atoms with E-state index in [-0.39, 0.29) is 6.03 Å². The van der Waals surface area contributed by atoms with Crippen LogP contribution >= 0.6 is 0 Å². The van der Waals surface area contributed by atoms with Gasteiger partial charge in [0.05, 0.1) is 12.2 Å². The second-order valence-corrected chi connectivity index (χ2v) is 7.08. The monoisotopic (exact) mass is 324 g/mol. The van der Waals surface area contributed by atoms with E-state index in [0.29, 0.717) is 17.9 Å². The third-order valence-electron chi connectivity index (χ3n) is 5.72. The van der Waals surface area contributed by atoms with E-state index in [1.54, 1.807) is 10.9 Å². The second-order valence-electron chi connectivity index (χ2n) is 7.08. The Labute approximate surface area is 142 Å². The molecule has 1 aromatic carbocycles. The van der Waals surface area contributed by atoms with Crippen LogP contribution in [0, 0.1) is 5.92 Å². The number of benzene rings is 1. The standard InChI is InChI=1S/C19H24N4O/c1-23-16(8-10-22-23)13-21-18(24)20-12-15-11-19(15)9-4-6-14-5-2-3-7-17(14)19/h2-3,5,7-8,10,15H,4,6,9,11-13H2,1H3,(H2,20,21,24)/t15-,19-/m1/s1. The van der Waals surface area contributed by atoms with Gasteiger partial charge < -0.3 is 10.6 Å². The highest BCUT2D eigenvalue weighted by Crippen LogP contribution is 2.59. The average molecular weight is 324 g/mol. The molecular weight excluding hydrogens is 300 g/mol. The van der Waals surface area contributed by atoms with Gasteiger partial charge in [-0.05, 0) is 48.8 Å². The number of rotatable bonds is 4. The van der Waals surface area contributed by atoms with E-state index in [1.807, 2.05) is 13.1 Å². The third kappa shape index (κ3) is 2.68. The molecule has 2 N–H and O–H groups in total. The maximum atomic E-state index is 12.0. The molecule has 0 unspecified atom stereocenters. The number of urea groups is 1. The first-order valence-electron chi connectivity index (χ1n) is 8.76. The first-order chi connectivity index (χ1) is 11.7. The molecule has 2 aliphatic rings. The quantitative estimate of drug-likeness (QED) is 0.908. The van der Waals surface area contributed by atoms with Crippen LogP contribution in [0.1, 0.15) is 36.1 Å². The fourth-order valence-corrected chi connectivity index (χ4v) is 4.26. The Morgan fingerprint density at radius 2 is 2.21 bits per heavy atom. The second kappa shape index (κ2) is 5.96. The molecule has 0 aliphatic heterocycles. The molecule has 24 heavy (non-hydrogen) atoms. The van der Waals surface area contributed by atoms with Crippen LogP contribution in [0.4, 0.5) is 4.79 Å². The molecule has 0 bridgehead atoms. The van der Waals surface area contributed by atoms with E-state index < -0.39 is 0 Å². The van der Waals surface area contributed by atoms with Gasteiger partial charge in [-0.15, -0.1) is 0 Å². The molecule has 126 valence electrons. The highest BCUT2D eigenvalue weighted by molar-refractivity contribution is 5.73. The summed E-state index contributed by atoms with van der Waals surface area (Å²) < 4.78 is 1.77. The zero-order valence-corrected chi connectivity index (χ0v) is 14.1. The van der Waals surface area contributed by atoms with Crippen LogP contribution in [0.25, 0.3) is 0 Å². The number of hydrogen-bond donors (Lipinski definition) is 2. The molecule has 1 heterocycles. The summed E-state index contributed by atoms with van der Waals surface area (Å²) in [5.74, 6) is 0.571. The maximum Gasteiger partial charge on any atom is 0.315 e. The van der Waals surface area contributed by atoms with Crippen LogP contribution < -0.4 is 10.6 Å². The normalized spacial score (nSPS) is 24.5. The predicted molar refractivity (Wildman–Crippen MR) is 92.6 cm³/mol. The molecule has 0 radical (unpaired) electrons. The largest absolute Gasteiger partial charge is 0.338 e. The van der Waals surface area contributed by atoms with Crippen LogP contribution in [-0.4, -0.2) is 22.4 Å². The Kier molecular flexibility index (Phi) is 3.79. The van der Waals surface area contributed by atoms with E-state index in [2.05, 4.69) is 40.0 Å². The molecular formula is C19H24N4O. The van der Waals surface area contributed by atoms with Crippen molar-refractivity contribution in [1.29, 1.82) is 0 Å². The summed E-state index contributed by atoms with van der Waals surface area (Å²) in [6.45, 7) is 1.26. The molecule has 4 rings (SSSR count). The van der Waals surface area contributed by atoms with Gasteiger partial charge in [-0.1, -0.05) is 24.3 Å². The fourth-order valence-electron chi connectivity index (χ4n) is 4.26. The first-order valence-corrected chi connectivity index (χ1v) is 8.76. The number of fused-ring (bicyclic) bond motifs is 2. The Balaban J connectivity index is 1.31. The van der Waals surface area contributed by atoms with Gasteiger partial charge in [-0.3, -0.25) is 4.68 Å². The van der Waals surface area contributed by atoms with Gasteiger partial charge in [0.15, 0.2) is 0 Å². The summed E-state index contributed by atoms with van der Waals surface area (Å²) in [5, 5.41) is 10.1. The molecule has 1 aromatic heterocycles. The summed E-state index contributed by atoms with van der Waals surface area (Å²) in [7, 11) is 1.88. The lowest BCUT2D eigenvalue weighted by atomic mass is 9.78. The minimum Gasteiger partial charge on any atom is -0.338 e. The minimum absolute atomic E-state index is 0.0951. The van der Waals surface area contributed by atoms with Crippen LogP contribution in [0.3, 0.4) is 0 Å². The Morgan fingerprint density at radius 3 is 3.04 bits per heavy atom. The zero-order chi connectivity index (χ0) is 16.6. The van der Waals surface area contributed by atoms with E-state index in [1.165, 1.54) is 36.8 Å². The number of amides is 2. The van der Waals surface area contributed by atoms with Crippen molar-refractivity contribution in [2.75, 3.05) is 6.54 Å². The highest BCUT2D eigenvalue weighted by Gasteiger charge is 2.56. The van der Waals surface area contributed by atoms with Crippen molar-refractivity contribution < 1.29 is 4.79 Å². The summed E-state index contributed by atoms with van der Waals surface area (Å²) in [6.07, 6.45) is 6.66. The molecule has 0 saturated heterocycles. The van der Waals surface area contributed by atoms with Crippen LogP contribution in [0.2, 0.25) is 0 Å². The summed E-state index contributed by atoms with van der Waals surface area (Å²) in [6, 6.07) is 10.7. The summed E-state index contributed by atoms with van der Waals surface area (Å²) in [4.78, 5) is 12.0. The summed E-state index contributed by atoms with van der Waals surface area (Å²) in [5.41, 5.74) is 4.35. The van der Waals surface area contributed by atoms with Crippen LogP contribution in [-0.2, 0) is 25.4 Å². The molecule has 5 nitrogen and oxygen atoms in total. The van der Waals surface area contributed by atoms with Crippen molar-refractivity contribution in [3.05, 3.63) is 53.3 Å². The molecule has 1 saturated carbocycles. The molecule has 2 aromatic rings. The van der Waals surface area contributed by atoms with Crippen molar-refractivity contribution in [2.24, 2.45) is 13.0 Å². The van der Waals surface area contributed by atoms with E-state index >= 15 is 0 Å². The maximum absolute atomic E-state index is 12.0. The number of hydrogen-bond acceptors (Lipinski definition) is 2. The zero-order valence-electron chi connectivity index (χ0n) is 14.1. The lowest BCUT2D eigenvalue weighted by Crippen LogP contribution is -2.37. The third-order valence-corrected chi connectivity index (χ3v) is 5.72. The van der Waals surface area contributed by atoms with Gasteiger partial charge >= 0.3 is 6.03 Å². The Morgan fingerprint density at radius 1 is 1.33 bits per heavy atom. The van der Waals surface area contributed by atoms with Crippen LogP contribution in [0.15, 0.2) is 36.5 Å². The van der Waals surface area contributed by atoms with Crippen molar-refractivity contribution in [3.63, 3.8) is 0 Å². The predicted octanol–water partition coefficient (Wildman–Crippen LogP) is 2.51. The molecule has 1 fully saturated rings. The van der Waals surface area contributed by atoms with Gasteiger partial charge in [0, 0.05) is 25.2 Å². The van der Waals surface area contributed by atoms with Gasteiger partial charge in [0.25, 0.3) is 0 Å². The van der Waals surface area contributed by atoms with Crippen molar-refractivity contribution in [3.8, 4) is 0 Å². The number of carbonyl (C=O) groups excluding carboxylic acids is 1. The van der Waals surface area contributed by atoms with E-state index in [0.717, 1.165) is 12.2 Å². The van der Waals surface area contributed by atoms with Gasteiger partial charge in [0.2, 0.25) is 0 Å². The lowest BCUT2D eigenvalue weighted by molar-refractivity contribution is 0.239. The number of aromatic nitrogens is 2. The lowest BCUT2D eigenvalue weighted by Gasteiger charge is -2.26. The number of carbonyl (C=O) groups is 1. The molecule has 2 atom stereocenters. The molecule has 2 aliphatic carbocycles. The smallest absolute Gasteiger partial charge is 0.315 e. The molecule has 1 spiro atoms. The van der Waals surface area contributed by atoms with Gasteiger partial charge in [0.1, 0.15) is 0 Å². The SMILES string of the molecule is Cn1nccc1CNC(=O)NC[C@H]1C[C@]12CCCc1ccccc12. The van der Waals surface area contributed by atoms with Gasteiger partial charge in [-0.25, -0.2) is 4.79 Å². The van der Waals surface area contributed by atoms with E-state index in [4.69, 9.17) is 0 Å². The first kappa shape index (κ1) is 15.2.